The number of likely N-dealkylation sites (N-methyl/N-ethyl adjacent to an activating group) is 1. The van der Waals surface area contributed by atoms with E-state index in [1.54, 1.807) is 31.9 Å². The second-order valence-electron chi connectivity index (χ2n) is 4.84. The van der Waals surface area contributed by atoms with Crippen molar-refractivity contribution < 1.29 is 17.9 Å². The molecule has 118 valence electrons. The molecule has 0 saturated carbocycles. The van der Waals surface area contributed by atoms with Crippen LogP contribution in [0.5, 0.6) is 0 Å². The Morgan fingerprint density at radius 2 is 1.95 bits per heavy atom. The van der Waals surface area contributed by atoms with Crippen molar-refractivity contribution in [1.82, 2.24) is 4.90 Å². The molecular weight excluding hydrogens is 292 g/mol. The third-order valence-corrected chi connectivity index (χ3v) is 4.44. The number of primary sulfonamides is 1. The summed E-state index contributed by atoms with van der Waals surface area (Å²) in [6, 6.07) is 3.03. The predicted octanol–water partition coefficient (Wildman–Crippen LogP) is 1.06. The number of hydrogen-bond donors (Lipinski definition) is 1. The van der Waals surface area contributed by atoms with Crippen LogP contribution in [0.4, 0.5) is 0 Å². The van der Waals surface area contributed by atoms with E-state index in [1.807, 2.05) is 6.92 Å². The first-order valence-corrected chi connectivity index (χ1v) is 8.19. The fourth-order valence-corrected chi connectivity index (χ4v) is 2.91. The Morgan fingerprint density at radius 1 is 1.33 bits per heavy atom. The third-order valence-electron chi connectivity index (χ3n) is 3.41. The van der Waals surface area contributed by atoms with Crippen molar-refractivity contribution in [3.05, 3.63) is 28.8 Å². The Labute approximate surface area is 125 Å². The standard InChI is InChI=1S/C14H22N2O4S/c1-5-16(6-7-20-4)14(17)12-8-10(2)11(3)13(9-12)21(15,18)19/h8-9H,5-7H2,1-4H3,(H2,15,18,19). The number of amides is 1. The monoisotopic (exact) mass is 314 g/mol. The van der Waals surface area contributed by atoms with Crippen LogP contribution in [0.1, 0.15) is 28.4 Å². The number of rotatable bonds is 6. The molecule has 0 spiro atoms. The van der Waals surface area contributed by atoms with Crippen molar-refractivity contribution in [3.63, 3.8) is 0 Å². The molecule has 0 atom stereocenters. The molecule has 2 N–H and O–H groups in total. The van der Waals surface area contributed by atoms with Crippen molar-refractivity contribution in [2.45, 2.75) is 25.7 Å². The number of methoxy groups -OCH3 is 1. The normalized spacial score (nSPS) is 11.5. The van der Waals surface area contributed by atoms with Gasteiger partial charge in [0.2, 0.25) is 10.0 Å². The molecule has 1 aromatic carbocycles. The summed E-state index contributed by atoms with van der Waals surface area (Å²) < 4.78 is 28.2. The van der Waals surface area contributed by atoms with Gasteiger partial charge in [0.1, 0.15) is 0 Å². The maximum absolute atomic E-state index is 12.5. The average molecular weight is 314 g/mol. The van der Waals surface area contributed by atoms with E-state index in [9.17, 15) is 13.2 Å². The zero-order valence-corrected chi connectivity index (χ0v) is 13.7. The molecule has 6 nitrogen and oxygen atoms in total. The highest BCUT2D eigenvalue weighted by Gasteiger charge is 2.20. The largest absolute Gasteiger partial charge is 0.383 e. The zero-order valence-electron chi connectivity index (χ0n) is 12.8. The third kappa shape index (κ3) is 4.26. The first-order chi connectivity index (χ1) is 9.72. The fourth-order valence-electron chi connectivity index (χ4n) is 2.03. The van der Waals surface area contributed by atoms with E-state index >= 15 is 0 Å². The van der Waals surface area contributed by atoms with Gasteiger partial charge in [-0.25, -0.2) is 13.6 Å². The molecule has 7 heteroatoms. The molecule has 0 radical (unpaired) electrons. The van der Waals surface area contributed by atoms with Gasteiger partial charge in [-0.15, -0.1) is 0 Å². The highest BCUT2D eigenvalue weighted by molar-refractivity contribution is 7.89. The quantitative estimate of drug-likeness (QED) is 0.850. The molecule has 0 aliphatic carbocycles. The lowest BCUT2D eigenvalue weighted by Gasteiger charge is -2.21. The number of nitrogens with zero attached hydrogens (tertiary/aromatic N) is 1. The Bertz CT molecular complexity index is 626. The van der Waals surface area contributed by atoms with E-state index in [4.69, 9.17) is 9.88 Å². The van der Waals surface area contributed by atoms with Crippen LogP contribution in [0, 0.1) is 13.8 Å². The van der Waals surface area contributed by atoms with Gasteiger partial charge in [0, 0.05) is 25.8 Å². The maximum atomic E-state index is 12.5. The predicted molar refractivity (Wildman–Crippen MR) is 80.7 cm³/mol. The van der Waals surface area contributed by atoms with Gasteiger partial charge in [-0.3, -0.25) is 4.79 Å². The Balaban J connectivity index is 3.25. The summed E-state index contributed by atoms with van der Waals surface area (Å²) in [5.74, 6) is -0.234. The van der Waals surface area contributed by atoms with Crippen LogP contribution in [0.15, 0.2) is 17.0 Å². The SMILES string of the molecule is CCN(CCOC)C(=O)c1cc(C)c(C)c(S(N)(=O)=O)c1. The summed E-state index contributed by atoms with van der Waals surface area (Å²) in [5.41, 5.74) is 1.60. The lowest BCUT2D eigenvalue weighted by Crippen LogP contribution is -2.34. The number of carbonyl (C=O) groups is 1. The summed E-state index contributed by atoms with van der Waals surface area (Å²) in [5, 5.41) is 5.21. The summed E-state index contributed by atoms with van der Waals surface area (Å²) in [4.78, 5) is 14.1. The molecule has 21 heavy (non-hydrogen) atoms. The number of sulfonamides is 1. The van der Waals surface area contributed by atoms with E-state index in [-0.39, 0.29) is 10.8 Å². The first-order valence-electron chi connectivity index (χ1n) is 6.64. The van der Waals surface area contributed by atoms with Crippen molar-refractivity contribution in [2.24, 2.45) is 5.14 Å². The lowest BCUT2D eigenvalue weighted by atomic mass is 10.1. The van der Waals surface area contributed by atoms with Crippen molar-refractivity contribution in [1.29, 1.82) is 0 Å². The summed E-state index contributed by atoms with van der Waals surface area (Å²) in [7, 11) is -2.29. The molecule has 0 bridgehead atoms. The summed E-state index contributed by atoms with van der Waals surface area (Å²) in [6.07, 6.45) is 0. The number of aryl methyl sites for hydroxylation is 1. The van der Waals surface area contributed by atoms with Crippen LogP contribution >= 0.6 is 0 Å². The van der Waals surface area contributed by atoms with Crippen LogP contribution in [-0.4, -0.2) is 46.0 Å². The highest BCUT2D eigenvalue weighted by atomic mass is 32.2. The van der Waals surface area contributed by atoms with E-state index < -0.39 is 10.0 Å². The Hall–Kier alpha value is -1.44. The number of hydrogen-bond acceptors (Lipinski definition) is 4. The van der Waals surface area contributed by atoms with Gasteiger partial charge in [-0.2, -0.15) is 0 Å². The fraction of sp³-hybridized carbons (Fsp3) is 0.500. The topological polar surface area (TPSA) is 89.7 Å². The maximum Gasteiger partial charge on any atom is 0.253 e. The van der Waals surface area contributed by atoms with Gasteiger partial charge in [0.05, 0.1) is 11.5 Å². The molecule has 0 saturated heterocycles. The van der Waals surface area contributed by atoms with Crippen molar-refractivity contribution in [3.8, 4) is 0 Å². The van der Waals surface area contributed by atoms with E-state index in [2.05, 4.69) is 0 Å². The van der Waals surface area contributed by atoms with Gasteiger partial charge < -0.3 is 9.64 Å². The lowest BCUT2D eigenvalue weighted by molar-refractivity contribution is 0.0706. The molecule has 0 aliphatic rings. The van der Waals surface area contributed by atoms with Crippen LogP contribution in [0.2, 0.25) is 0 Å². The average Bonchev–Trinajstić information content (AvgIpc) is 2.40. The molecule has 0 heterocycles. The van der Waals surface area contributed by atoms with Gasteiger partial charge in [-0.05, 0) is 44.0 Å². The van der Waals surface area contributed by atoms with Crippen LogP contribution in [0.25, 0.3) is 0 Å². The van der Waals surface area contributed by atoms with Crippen molar-refractivity contribution in [2.75, 3.05) is 26.8 Å². The molecule has 0 fully saturated rings. The molecule has 0 aliphatic heterocycles. The zero-order chi connectivity index (χ0) is 16.2. The van der Waals surface area contributed by atoms with Crippen LogP contribution < -0.4 is 5.14 Å². The molecule has 0 unspecified atom stereocenters. The van der Waals surface area contributed by atoms with Gasteiger partial charge in [0.15, 0.2) is 0 Å². The van der Waals surface area contributed by atoms with Gasteiger partial charge in [-0.1, -0.05) is 0 Å². The molecule has 1 aromatic rings. The molecule has 0 aromatic heterocycles. The number of carbonyl (C=O) groups excluding carboxylic acids is 1. The number of ether oxygens (including phenoxy) is 1. The molecule has 1 rings (SSSR count). The Morgan fingerprint density at radius 3 is 2.43 bits per heavy atom. The van der Waals surface area contributed by atoms with Gasteiger partial charge >= 0.3 is 0 Å². The number of nitrogens with two attached hydrogens (primary N) is 1. The van der Waals surface area contributed by atoms with E-state index in [0.717, 1.165) is 0 Å². The highest BCUT2D eigenvalue weighted by Crippen LogP contribution is 2.21. The van der Waals surface area contributed by atoms with Crippen LogP contribution in [0.3, 0.4) is 0 Å². The summed E-state index contributed by atoms with van der Waals surface area (Å²) >= 11 is 0. The Kier molecular flexibility index (Phi) is 5.88. The smallest absolute Gasteiger partial charge is 0.253 e. The molecular formula is C14H22N2O4S. The minimum atomic E-state index is -3.86. The minimum Gasteiger partial charge on any atom is -0.383 e. The van der Waals surface area contributed by atoms with E-state index in [0.29, 0.717) is 36.4 Å². The minimum absolute atomic E-state index is 0.00588. The second-order valence-corrected chi connectivity index (χ2v) is 6.37. The van der Waals surface area contributed by atoms with Crippen LogP contribution in [-0.2, 0) is 14.8 Å². The van der Waals surface area contributed by atoms with E-state index in [1.165, 1.54) is 6.07 Å². The first kappa shape index (κ1) is 17.6. The molecule has 1 amide bonds. The van der Waals surface area contributed by atoms with Gasteiger partial charge in [0.25, 0.3) is 5.91 Å². The second kappa shape index (κ2) is 7.02. The van der Waals surface area contributed by atoms with Crippen molar-refractivity contribution >= 4 is 15.9 Å². The summed E-state index contributed by atoms with van der Waals surface area (Å²) in [6.45, 7) is 6.67. The number of benzene rings is 1.